The summed E-state index contributed by atoms with van der Waals surface area (Å²) in [5.41, 5.74) is 9.58. The van der Waals surface area contributed by atoms with Gasteiger partial charge in [0.1, 0.15) is 5.82 Å². The first-order chi connectivity index (χ1) is 47.9. The van der Waals surface area contributed by atoms with E-state index >= 15 is 0 Å². The molecule has 17 rings (SSSR count). The van der Waals surface area contributed by atoms with E-state index in [1.165, 1.54) is 0 Å². The molecule has 0 N–H and O–H groups in total. The summed E-state index contributed by atoms with van der Waals surface area (Å²) in [7, 11) is 0. The number of ether oxygens (including phenoxy) is 1. The second-order valence-electron chi connectivity index (χ2n) is 21.0. The van der Waals surface area contributed by atoms with Gasteiger partial charge < -0.3 is 23.0 Å². The molecule has 7 nitrogen and oxygen atoms in total. The summed E-state index contributed by atoms with van der Waals surface area (Å²) >= 11 is 0. The predicted octanol–water partition coefficient (Wildman–Crippen LogP) is 19.1. The fraction of sp³-hybridized carbons (Fsp3) is 0.0127. The molecule has 0 amide bonds. The van der Waals surface area contributed by atoms with E-state index in [-0.39, 0.29) is 60.3 Å². The summed E-state index contributed by atoms with van der Waals surface area (Å²) in [6.45, 7) is -2.64. The van der Waals surface area contributed by atoms with Crippen LogP contribution in [0.3, 0.4) is 0 Å². The third-order valence-electron chi connectivity index (χ3n) is 16.1. The Morgan fingerprint density at radius 3 is 1.49 bits per heavy atom. The van der Waals surface area contributed by atoms with Crippen LogP contribution in [0.5, 0.6) is 11.5 Å². The summed E-state index contributed by atoms with van der Waals surface area (Å²) in [6.07, 6.45) is 5.07. The third-order valence-corrected chi connectivity index (χ3v) is 16.1. The summed E-state index contributed by atoms with van der Waals surface area (Å²) in [6, 6.07) is 71.2. The second-order valence-corrected chi connectivity index (χ2v) is 21.0. The van der Waals surface area contributed by atoms with Crippen molar-refractivity contribution in [1.82, 2.24) is 23.3 Å². The van der Waals surface area contributed by atoms with E-state index < -0.39 is 67.3 Å². The van der Waals surface area contributed by atoms with Crippen molar-refractivity contribution in [2.45, 2.75) is 6.85 Å². The topological polar surface area (TPSA) is 45.7 Å². The van der Waals surface area contributed by atoms with Gasteiger partial charge in [0.2, 0.25) is 0 Å². The summed E-state index contributed by atoms with van der Waals surface area (Å²) < 4.78 is 132. The molecule has 12 aromatic carbocycles. The minimum absolute atomic E-state index is 0. The Morgan fingerprint density at radius 2 is 0.931 bits per heavy atom. The molecule has 0 saturated carbocycles. The Labute approximate surface area is 534 Å². The molecular formula is C79H50N6OPt-2. The molecule has 0 unspecified atom stereocenters. The number of imidazole rings is 1. The van der Waals surface area contributed by atoms with Crippen LogP contribution < -0.4 is 9.30 Å². The molecule has 0 fully saturated rings. The molecule has 0 saturated heterocycles. The molecule has 0 aliphatic carbocycles. The van der Waals surface area contributed by atoms with Crippen LogP contribution in [0.4, 0.5) is 0 Å². The molecule has 0 aliphatic heterocycles. The first-order valence-electron chi connectivity index (χ1n) is 34.5. The maximum atomic E-state index is 9.30. The predicted molar refractivity (Wildman–Crippen MR) is 350 cm³/mol. The number of benzene rings is 12. The van der Waals surface area contributed by atoms with Gasteiger partial charge in [-0.2, -0.15) is 18.2 Å². The fourth-order valence-electron chi connectivity index (χ4n) is 12.5. The molecule has 8 heteroatoms. The van der Waals surface area contributed by atoms with Crippen molar-refractivity contribution in [3.8, 4) is 73.4 Å². The molecule has 0 atom stereocenters. The zero-order valence-corrected chi connectivity index (χ0v) is 48.0. The zero-order chi connectivity index (χ0) is 68.0. The van der Waals surface area contributed by atoms with Crippen LogP contribution in [0.25, 0.3) is 138 Å². The van der Waals surface area contributed by atoms with Crippen molar-refractivity contribution in [1.29, 1.82) is 0 Å². The number of hydrogen-bond donors (Lipinski definition) is 0. The molecule has 0 bridgehead atoms. The second kappa shape index (κ2) is 21.0. The van der Waals surface area contributed by atoms with Crippen LogP contribution in [0.15, 0.2) is 285 Å². The van der Waals surface area contributed by atoms with Gasteiger partial charge in [0.05, 0.1) is 52.5 Å². The van der Waals surface area contributed by atoms with Crippen LogP contribution in [0.2, 0.25) is 0 Å². The van der Waals surface area contributed by atoms with Gasteiger partial charge in [0.25, 0.3) is 6.33 Å². The average Bonchev–Trinajstić information content (AvgIpc) is 1.08. The van der Waals surface area contributed by atoms with Crippen LogP contribution in [-0.4, -0.2) is 23.3 Å². The van der Waals surface area contributed by atoms with Crippen LogP contribution in [0, 0.1) is 25.3 Å². The molecule has 0 radical (unpaired) electrons. The summed E-state index contributed by atoms with van der Waals surface area (Å²) in [5.74, 6) is 0.892. The van der Waals surface area contributed by atoms with E-state index in [2.05, 4.69) is 94.3 Å². The van der Waals surface area contributed by atoms with Gasteiger partial charge in [-0.15, -0.1) is 29.7 Å². The van der Waals surface area contributed by atoms with E-state index in [1.807, 2.05) is 95.6 Å². The molecule has 17 aromatic rings. The molecule has 5 aromatic heterocycles. The van der Waals surface area contributed by atoms with Gasteiger partial charge in [-0.05, 0) is 106 Å². The number of hydrogen-bond acceptors (Lipinski definition) is 2. The standard InChI is InChI=1S/C79H50N6O.Pt/c1-52-44-78(80-50-69(52)55-45-57(83-70-35-13-8-28-63(70)64-29-9-14-36-71(64)83)47-58(46-55)84-72-37-15-10-30-65(72)66-31-11-16-38-73(66)84)85-74-39-17-12-32-67(74)68-43-42-60(49-77(68)85)86-59-27-20-26-56(48-59)81-51-82(76-41-19-18-40-75(76)81)79-61(53-22-4-2-5-23-53)33-21-34-62(79)54-24-6-3-7-25-54;/h2-47,50H,1H3;/q-2;/i1D3,2D,3D,4D,5D,6D,7D,22D,23D,24D,25D;. The SMILES string of the molecule is [2H]c1c([2H])c([2H])c(-c2cccc(-c3c([2H])c([2H])c([2H])c([2H])c3[2H])c2-[n+]2[c-]n(-c3[c-]c(Oc4[c-]c5c(cc4)c4ccccc4n5-c4cc(C([2H])([2H])[2H])c(-c5cc(-n6c7ccccc7c7ccccc76)cc(-n6c7ccccc7c7ccccc76)c5)cn4)ccc3)c3ccccc32)c([2H])c1[2H].[Pt]. The summed E-state index contributed by atoms with van der Waals surface area (Å²) in [5, 5.41) is 6.01. The molecule has 0 spiro atoms. The molecular weight excluding hydrogens is 1240 g/mol. The Hall–Kier alpha value is -10.9. The largest absolute Gasteiger partial charge is 0.510 e. The van der Waals surface area contributed by atoms with E-state index in [1.54, 1.807) is 76.0 Å². The van der Waals surface area contributed by atoms with Crippen molar-refractivity contribution >= 4 is 76.5 Å². The normalized spacial score (nSPS) is 13.9. The number of para-hydroxylation sites is 8. The van der Waals surface area contributed by atoms with Gasteiger partial charge in [-0.25, -0.2) is 4.98 Å². The summed E-state index contributed by atoms with van der Waals surface area (Å²) in [4.78, 5) is 5.19. The van der Waals surface area contributed by atoms with Crippen LogP contribution >= 0.6 is 0 Å². The van der Waals surface area contributed by atoms with E-state index in [9.17, 15) is 4.11 Å². The number of rotatable bonds is 10. The van der Waals surface area contributed by atoms with Crippen molar-refractivity contribution in [2.75, 3.05) is 0 Å². The van der Waals surface area contributed by atoms with Gasteiger partial charge in [0, 0.05) is 86.9 Å². The minimum Gasteiger partial charge on any atom is -0.510 e. The average molecular weight is 1310 g/mol. The molecule has 0 aliphatic rings. The number of aromatic nitrogens is 6. The van der Waals surface area contributed by atoms with Crippen molar-refractivity contribution in [3.63, 3.8) is 0 Å². The molecule has 5 heterocycles. The Balaban J connectivity index is 0.00000778. The molecule has 87 heavy (non-hydrogen) atoms. The molecule has 414 valence electrons. The first kappa shape index (κ1) is 39.6. The smallest absolute Gasteiger partial charge is 0.268 e. The minimum atomic E-state index is -2.64. The van der Waals surface area contributed by atoms with Gasteiger partial charge >= 0.3 is 0 Å². The third kappa shape index (κ3) is 8.53. The number of nitrogens with zero attached hydrogens (tertiary/aromatic N) is 6. The quantitative estimate of drug-likeness (QED) is 0.101. The van der Waals surface area contributed by atoms with E-state index in [4.69, 9.17) is 23.4 Å². The van der Waals surface area contributed by atoms with Crippen LogP contribution in [0.1, 0.15) is 23.4 Å². The van der Waals surface area contributed by atoms with E-state index in [0.29, 0.717) is 44.9 Å². The Kier molecular flexibility index (Phi) is 9.59. The van der Waals surface area contributed by atoms with Crippen LogP contribution in [-0.2, 0) is 21.1 Å². The first-order valence-corrected chi connectivity index (χ1v) is 28.0. The van der Waals surface area contributed by atoms with Crippen molar-refractivity contribution in [3.05, 3.63) is 309 Å². The van der Waals surface area contributed by atoms with Gasteiger partial charge in [-0.1, -0.05) is 199 Å². The van der Waals surface area contributed by atoms with E-state index in [0.717, 1.165) is 71.3 Å². The van der Waals surface area contributed by atoms with Gasteiger partial charge in [0.15, 0.2) is 0 Å². The maximum absolute atomic E-state index is 9.30. The number of pyridine rings is 1. The number of fused-ring (bicyclic) bond motifs is 10. The van der Waals surface area contributed by atoms with Gasteiger partial charge in [-0.3, -0.25) is 4.57 Å². The van der Waals surface area contributed by atoms with Crippen molar-refractivity contribution < 1.29 is 48.2 Å². The zero-order valence-electron chi connectivity index (χ0n) is 58.8. The fourth-order valence-corrected chi connectivity index (χ4v) is 12.5. The van der Waals surface area contributed by atoms with Crippen molar-refractivity contribution in [2.24, 2.45) is 0 Å². The monoisotopic (exact) mass is 1310 g/mol. The Morgan fingerprint density at radius 1 is 0.437 bits per heavy atom. The Bertz CT molecular complexity index is 5930. The maximum Gasteiger partial charge on any atom is 0.268 e. The number of aryl methyl sites for hydroxylation is 1.